The van der Waals surface area contributed by atoms with Gasteiger partial charge in [-0.25, -0.2) is 0 Å². The zero-order valence-electron chi connectivity index (χ0n) is 17.9. The third-order valence-electron chi connectivity index (χ3n) is 7.89. The van der Waals surface area contributed by atoms with E-state index in [2.05, 4.69) is 5.32 Å². The van der Waals surface area contributed by atoms with E-state index in [1.807, 2.05) is 0 Å². The molecule has 0 bridgehead atoms. The van der Waals surface area contributed by atoms with Crippen molar-refractivity contribution in [2.75, 3.05) is 5.32 Å². The number of carbonyl (C=O) groups is 4. The molecule has 2 saturated heterocycles. The molecule has 8 nitrogen and oxygen atoms in total. The van der Waals surface area contributed by atoms with E-state index < -0.39 is 29.4 Å². The lowest BCUT2D eigenvalue weighted by Crippen LogP contribution is -2.99. The van der Waals surface area contributed by atoms with Gasteiger partial charge in [-0.3, -0.25) is 19.3 Å². The molecule has 0 unspecified atom stereocenters. The van der Waals surface area contributed by atoms with E-state index in [9.17, 15) is 24.3 Å². The van der Waals surface area contributed by atoms with Crippen LogP contribution in [0.4, 0.5) is 5.69 Å². The molecule has 170 valence electrons. The highest BCUT2D eigenvalue weighted by Crippen LogP contribution is 2.51. The van der Waals surface area contributed by atoms with Crippen molar-refractivity contribution < 1.29 is 29.6 Å². The number of anilines is 1. The molecule has 3 N–H and O–H groups in total. The first-order valence-electron chi connectivity index (χ1n) is 11.3. The van der Waals surface area contributed by atoms with Gasteiger partial charge in [-0.05, 0) is 43.9 Å². The predicted molar refractivity (Wildman–Crippen MR) is 112 cm³/mol. The largest absolute Gasteiger partial charge is 0.550 e. The van der Waals surface area contributed by atoms with Crippen molar-refractivity contribution in [1.29, 1.82) is 0 Å². The minimum Gasteiger partial charge on any atom is -0.550 e. The number of nitrogens with one attached hydrogen (secondary N) is 1. The molecular formula is C23H26ClN3O5. The van der Waals surface area contributed by atoms with Crippen LogP contribution in [-0.2, 0) is 24.7 Å². The Morgan fingerprint density at radius 2 is 1.94 bits per heavy atom. The van der Waals surface area contributed by atoms with Crippen LogP contribution in [0.25, 0.3) is 0 Å². The van der Waals surface area contributed by atoms with Gasteiger partial charge in [-0.15, -0.1) is 0 Å². The maximum absolute atomic E-state index is 13.8. The highest BCUT2D eigenvalue weighted by molar-refractivity contribution is 6.32. The molecule has 1 aliphatic carbocycles. The summed E-state index contributed by atoms with van der Waals surface area (Å²) >= 11 is 6.27. The number of benzene rings is 1. The van der Waals surface area contributed by atoms with E-state index >= 15 is 0 Å². The second-order valence-electron chi connectivity index (χ2n) is 9.50. The van der Waals surface area contributed by atoms with Gasteiger partial charge in [0.25, 0.3) is 5.91 Å². The van der Waals surface area contributed by atoms with Gasteiger partial charge in [-0.2, -0.15) is 0 Å². The van der Waals surface area contributed by atoms with Crippen molar-refractivity contribution in [3.8, 4) is 0 Å². The average Bonchev–Trinajstić information content (AvgIpc) is 3.35. The van der Waals surface area contributed by atoms with Gasteiger partial charge in [0.05, 0.1) is 5.69 Å². The number of hydrogen-bond acceptors (Lipinski definition) is 5. The SMILES string of the molecule is Cc1c(Cl)ccc2c1NC(=O)[C@]21[NH2+][C@@H](CCC(=O)[O-])[C@H]2C(=O)N(C3CCCCC3)C(=O)[C@H]21. The zero-order valence-corrected chi connectivity index (χ0v) is 18.6. The summed E-state index contributed by atoms with van der Waals surface area (Å²) in [7, 11) is 0. The standard InChI is InChI=1S/C23H26ClN3O5/c1-11-14(24)8-7-13-19(11)25-22(32)23(13)18-17(15(26-23)9-10-16(28)29)20(30)27(21(18)31)12-5-3-2-4-6-12/h7-8,12,15,17-18,26H,2-6,9-10H2,1H3,(H,25,32)(H,28,29)/t15-,17+,18-,23-/m0/s1. The number of imide groups is 1. The first kappa shape index (κ1) is 21.4. The number of hydrogen-bond donors (Lipinski definition) is 2. The van der Waals surface area contributed by atoms with Gasteiger partial charge in [0, 0.05) is 29.0 Å². The molecule has 9 heteroatoms. The Bertz CT molecular complexity index is 1040. The number of carbonyl (C=O) groups excluding carboxylic acids is 4. The van der Waals surface area contributed by atoms with E-state index in [1.165, 1.54) is 4.90 Å². The number of nitrogens with two attached hydrogens (primary N) is 1. The number of quaternary nitrogens is 1. The van der Waals surface area contributed by atoms with E-state index in [0.717, 1.165) is 32.1 Å². The van der Waals surface area contributed by atoms with E-state index in [-0.39, 0.29) is 36.6 Å². The van der Waals surface area contributed by atoms with Crippen LogP contribution in [0.1, 0.15) is 56.1 Å². The van der Waals surface area contributed by atoms with Crippen molar-refractivity contribution in [2.45, 2.75) is 69.5 Å². The van der Waals surface area contributed by atoms with Gasteiger partial charge >= 0.3 is 0 Å². The smallest absolute Gasteiger partial charge is 0.291 e. The summed E-state index contributed by atoms with van der Waals surface area (Å²) < 4.78 is 0. The Balaban J connectivity index is 1.62. The molecule has 4 aliphatic rings. The van der Waals surface area contributed by atoms with Crippen LogP contribution in [0.5, 0.6) is 0 Å². The zero-order chi connectivity index (χ0) is 22.8. The van der Waals surface area contributed by atoms with Crippen molar-refractivity contribution in [2.24, 2.45) is 11.8 Å². The van der Waals surface area contributed by atoms with Crippen LogP contribution in [0, 0.1) is 18.8 Å². The van der Waals surface area contributed by atoms with Gasteiger partial charge < -0.3 is 20.5 Å². The number of fused-ring (bicyclic) bond motifs is 4. The topological polar surface area (TPSA) is 123 Å². The normalized spacial score (nSPS) is 31.9. The summed E-state index contributed by atoms with van der Waals surface area (Å²) in [5.41, 5.74) is 0.622. The van der Waals surface area contributed by atoms with Gasteiger partial charge in [0.2, 0.25) is 17.4 Å². The molecule has 3 fully saturated rings. The number of amides is 3. The fourth-order valence-corrected chi connectivity index (χ4v) is 6.58. The summed E-state index contributed by atoms with van der Waals surface area (Å²) in [5.74, 6) is -3.75. The highest BCUT2D eigenvalue weighted by Gasteiger charge is 2.74. The van der Waals surface area contributed by atoms with Crippen molar-refractivity contribution >= 4 is 41.0 Å². The first-order chi connectivity index (χ1) is 15.3. The summed E-state index contributed by atoms with van der Waals surface area (Å²) in [6, 6.07) is 2.80. The van der Waals surface area contributed by atoms with Crippen LogP contribution >= 0.6 is 11.6 Å². The van der Waals surface area contributed by atoms with Gasteiger partial charge in [0.15, 0.2) is 0 Å². The number of likely N-dealkylation sites (tertiary alicyclic amines) is 1. The van der Waals surface area contributed by atoms with Crippen LogP contribution in [0.3, 0.4) is 0 Å². The van der Waals surface area contributed by atoms with E-state index in [4.69, 9.17) is 11.6 Å². The van der Waals surface area contributed by atoms with Crippen molar-refractivity contribution in [3.05, 3.63) is 28.3 Å². The molecule has 3 heterocycles. The molecule has 0 radical (unpaired) electrons. The minimum absolute atomic E-state index is 0.149. The third kappa shape index (κ3) is 2.85. The number of rotatable bonds is 4. The quantitative estimate of drug-likeness (QED) is 0.623. The number of carboxylic acids is 1. The second-order valence-corrected chi connectivity index (χ2v) is 9.91. The van der Waals surface area contributed by atoms with Crippen molar-refractivity contribution in [3.63, 3.8) is 0 Å². The Morgan fingerprint density at radius 1 is 1.22 bits per heavy atom. The lowest BCUT2D eigenvalue weighted by Gasteiger charge is -2.32. The Labute approximate surface area is 190 Å². The number of nitrogens with zero attached hydrogens (tertiary/aromatic N) is 1. The lowest BCUT2D eigenvalue weighted by atomic mass is 9.76. The number of aliphatic carboxylic acids is 1. The van der Waals surface area contributed by atoms with Crippen LogP contribution in [0.15, 0.2) is 12.1 Å². The number of carboxylic acid groups (broad SMARTS) is 1. The Kier molecular flexibility index (Phi) is 5.05. The molecule has 1 aromatic rings. The molecule has 1 spiro atoms. The summed E-state index contributed by atoms with van der Waals surface area (Å²) in [5, 5.41) is 16.3. The van der Waals surface area contributed by atoms with E-state index in [1.54, 1.807) is 24.4 Å². The maximum atomic E-state index is 13.8. The maximum Gasteiger partial charge on any atom is 0.291 e. The molecule has 3 aliphatic heterocycles. The van der Waals surface area contributed by atoms with Crippen LogP contribution < -0.4 is 15.7 Å². The molecule has 3 amide bonds. The minimum atomic E-state index is -1.30. The summed E-state index contributed by atoms with van der Waals surface area (Å²) in [6.07, 6.45) is 4.47. The molecular weight excluding hydrogens is 434 g/mol. The predicted octanol–water partition coefficient (Wildman–Crippen LogP) is 0.205. The summed E-state index contributed by atoms with van der Waals surface area (Å²) in [4.78, 5) is 53.5. The lowest BCUT2D eigenvalue weighted by molar-refractivity contribution is -0.734. The molecule has 1 aromatic carbocycles. The van der Waals surface area contributed by atoms with Crippen molar-refractivity contribution in [1.82, 2.24) is 4.90 Å². The third-order valence-corrected chi connectivity index (χ3v) is 8.30. The molecule has 4 atom stereocenters. The fraction of sp³-hybridized carbons (Fsp3) is 0.565. The molecule has 0 aromatic heterocycles. The highest BCUT2D eigenvalue weighted by atomic mass is 35.5. The molecule has 5 rings (SSSR count). The van der Waals surface area contributed by atoms with Gasteiger partial charge in [-0.1, -0.05) is 30.9 Å². The number of halogens is 1. The fourth-order valence-electron chi connectivity index (χ4n) is 6.42. The monoisotopic (exact) mass is 459 g/mol. The second kappa shape index (κ2) is 7.56. The summed E-state index contributed by atoms with van der Waals surface area (Å²) in [6.45, 7) is 1.80. The van der Waals surface area contributed by atoms with Crippen LogP contribution in [0.2, 0.25) is 5.02 Å². The van der Waals surface area contributed by atoms with Crippen LogP contribution in [-0.4, -0.2) is 40.7 Å². The molecule has 32 heavy (non-hydrogen) atoms. The Morgan fingerprint density at radius 3 is 2.62 bits per heavy atom. The molecule has 1 saturated carbocycles. The van der Waals surface area contributed by atoms with Gasteiger partial charge in [0.1, 0.15) is 17.9 Å². The van der Waals surface area contributed by atoms with E-state index in [0.29, 0.717) is 21.8 Å². The average molecular weight is 460 g/mol. The Hall–Kier alpha value is -2.45. The first-order valence-corrected chi connectivity index (χ1v) is 11.7.